The monoisotopic (exact) mass is 463 g/mol. The summed E-state index contributed by atoms with van der Waals surface area (Å²) < 4.78 is 29.0. The minimum absolute atomic E-state index is 0.170. The molecule has 0 spiro atoms. The number of sulfone groups is 1. The van der Waals surface area contributed by atoms with Crippen LogP contribution in [0.2, 0.25) is 0 Å². The Morgan fingerprint density at radius 1 is 1.16 bits per heavy atom. The molecule has 0 atom stereocenters. The van der Waals surface area contributed by atoms with Crippen molar-refractivity contribution in [2.24, 2.45) is 0 Å². The predicted molar refractivity (Wildman–Crippen MR) is 118 cm³/mol. The lowest BCUT2D eigenvalue weighted by Gasteiger charge is -2.24. The summed E-state index contributed by atoms with van der Waals surface area (Å²) >= 11 is 0. The largest absolute Gasteiger partial charge is 0.444 e. The molecule has 0 fully saturated rings. The summed E-state index contributed by atoms with van der Waals surface area (Å²) in [5, 5.41) is 13.7. The highest BCUT2D eigenvalue weighted by Crippen LogP contribution is 2.22. The van der Waals surface area contributed by atoms with Gasteiger partial charge in [0.05, 0.1) is 9.82 Å². The topological polar surface area (TPSA) is 136 Å². The standard InChI is InChI=1S/C21H25N3O7S/c1-21(2,3)31-20(26)23(4)13-14-7-6-8-16(9-14)22-19(25)15-10-17(24(27)28)12-18(11-15)32(5,29)30/h6-12H,13H2,1-5H3,(H,22,25). The number of benzene rings is 2. The molecule has 0 aliphatic carbocycles. The first-order valence-corrected chi connectivity index (χ1v) is 11.4. The maximum absolute atomic E-state index is 12.7. The van der Waals surface area contributed by atoms with Crippen molar-refractivity contribution in [2.75, 3.05) is 18.6 Å². The molecule has 0 aliphatic rings. The van der Waals surface area contributed by atoms with Crippen molar-refractivity contribution >= 4 is 33.2 Å². The minimum atomic E-state index is -3.76. The summed E-state index contributed by atoms with van der Waals surface area (Å²) in [6.07, 6.45) is 0.398. The number of non-ortho nitro benzene ring substituents is 1. The third kappa shape index (κ3) is 7.05. The zero-order chi connectivity index (χ0) is 24.3. The summed E-state index contributed by atoms with van der Waals surface area (Å²) in [6, 6.07) is 9.65. The van der Waals surface area contributed by atoms with E-state index in [4.69, 9.17) is 4.74 Å². The first-order valence-electron chi connectivity index (χ1n) is 9.49. The van der Waals surface area contributed by atoms with Crippen LogP contribution in [-0.2, 0) is 21.1 Å². The average Bonchev–Trinajstić information content (AvgIpc) is 2.65. The lowest BCUT2D eigenvalue weighted by molar-refractivity contribution is -0.385. The highest BCUT2D eigenvalue weighted by Gasteiger charge is 2.21. The predicted octanol–water partition coefficient (Wildman–Crippen LogP) is 3.62. The van der Waals surface area contributed by atoms with Gasteiger partial charge >= 0.3 is 6.09 Å². The van der Waals surface area contributed by atoms with Crippen LogP contribution < -0.4 is 5.32 Å². The number of carbonyl (C=O) groups is 2. The Morgan fingerprint density at radius 2 is 1.81 bits per heavy atom. The normalized spacial score (nSPS) is 11.5. The first-order chi connectivity index (χ1) is 14.7. The Kier molecular flexibility index (Phi) is 7.24. The Hall–Kier alpha value is -3.47. The van der Waals surface area contributed by atoms with Gasteiger partial charge in [-0.05, 0) is 44.5 Å². The molecule has 32 heavy (non-hydrogen) atoms. The molecule has 0 aromatic heterocycles. The van der Waals surface area contributed by atoms with Crippen LogP contribution >= 0.6 is 0 Å². The van der Waals surface area contributed by atoms with Crippen LogP contribution in [0.1, 0.15) is 36.7 Å². The van der Waals surface area contributed by atoms with Gasteiger partial charge in [0.1, 0.15) is 5.60 Å². The van der Waals surface area contributed by atoms with E-state index in [0.717, 1.165) is 24.5 Å². The number of amides is 2. The number of carbonyl (C=O) groups excluding carboxylic acids is 2. The molecule has 10 nitrogen and oxygen atoms in total. The van der Waals surface area contributed by atoms with Crippen LogP contribution in [0, 0.1) is 10.1 Å². The number of nitro groups is 1. The van der Waals surface area contributed by atoms with Gasteiger partial charge in [-0.3, -0.25) is 14.9 Å². The molecule has 0 bridgehead atoms. The Bertz CT molecular complexity index is 1150. The van der Waals surface area contributed by atoms with Gasteiger partial charge in [-0.1, -0.05) is 12.1 Å². The van der Waals surface area contributed by atoms with Crippen LogP contribution in [0.5, 0.6) is 0 Å². The van der Waals surface area contributed by atoms with Crippen molar-refractivity contribution in [1.29, 1.82) is 0 Å². The van der Waals surface area contributed by atoms with E-state index in [-0.39, 0.29) is 17.0 Å². The van der Waals surface area contributed by atoms with Gasteiger partial charge in [0.25, 0.3) is 11.6 Å². The molecular weight excluding hydrogens is 438 g/mol. The second kappa shape index (κ2) is 9.35. The van der Waals surface area contributed by atoms with Gasteiger partial charge in [0, 0.05) is 43.2 Å². The van der Waals surface area contributed by atoms with Crippen LogP contribution in [0.25, 0.3) is 0 Å². The zero-order valence-electron chi connectivity index (χ0n) is 18.4. The molecule has 0 aliphatic heterocycles. The fourth-order valence-corrected chi connectivity index (χ4v) is 3.34. The van der Waals surface area contributed by atoms with Crippen molar-refractivity contribution in [2.45, 2.75) is 37.8 Å². The summed E-state index contributed by atoms with van der Waals surface area (Å²) in [4.78, 5) is 36.2. The smallest absolute Gasteiger partial charge is 0.410 e. The third-order valence-electron chi connectivity index (χ3n) is 4.10. The summed E-state index contributed by atoms with van der Waals surface area (Å²) in [5.41, 5.74) is -0.240. The first kappa shape index (κ1) is 24.8. The molecular formula is C21H25N3O7S. The second-order valence-corrected chi connectivity index (χ2v) is 10.3. The molecule has 0 saturated heterocycles. The van der Waals surface area contributed by atoms with Crippen molar-refractivity contribution in [1.82, 2.24) is 4.90 Å². The number of nitrogens with zero attached hydrogens (tertiary/aromatic N) is 2. The number of ether oxygens (including phenoxy) is 1. The molecule has 2 aromatic carbocycles. The molecule has 2 rings (SSSR count). The van der Waals surface area contributed by atoms with Gasteiger partial charge in [-0.25, -0.2) is 13.2 Å². The second-order valence-electron chi connectivity index (χ2n) is 8.24. The van der Waals surface area contributed by atoms with E-state index in [1.54, 1.807) is 52.1 Å². The summed E-state index contributed by atoms with van der Waals surface area (Å²) in [6.45, 7) is 5.50. The number of anilines is 1. The number of nitro benzene ring substituents is 1. The molecule has 0 radical (unpaired) electrons. The third-order valence-corrected chi connectivity index (χ3v) is 5.19. The zero-order valence-corrected chi connectivity index (χ0v) is 19.2. The minimum Gasteiger partial charge on any atom is -0.444 e. The van der Waals surface area contributed by atoms with Gasteiger partial charge in [-0.15, -0.1) is 0 Å². The van der Waals surface area contributed by atoms with Crippen molar-refractivity contribution in [3.8, 4) is 0 Å². The van der Waals surface area contributed by atoms with Gasteiger partial charge in [0.2, 0.25) is 0 Å². The van der Waals surface area contributed by atoms with E-state index in [1.165, 1.54) is 4.90 Å². The Morgan fingerprint density at radius 3 is 2.38 bits per heavy atom. The van der Waals surface area contributed by atoms with Gasteiger partial charge in [-0.2, -0.15) is 0 Å². The van der Waals surface area contributed by atoms with E-state index in [2.05, 4.69) is 5.32 Å². The maximum atomic E-state index is 12.7. The van der Waals surface area contributed by atoms with E-state index in [0.29, 0.717) is 11.3 Å². The SMILES string of the molecule is CN(Cc1cccc(NC(=O)c2cc([N+](=O)[O-])cc(S(C)(=O)=O)c2)c1)C(=O)OC(C)(C)C. The van der Waals surface area contributed by atoms with Crippen molar-refractivity contribution in [3.63, 3.8) is 0 Å². The van der Waals surface area contributed by atoms with Crippen LogP contribution in [-0.4, -0.2) is 49.1 Å². The quantitative estimate of drug-likeness (QED) is 0.510. The maximum Gasteiger partial charge on any atom is 0.410 e. The molecule has 0 saturated carbocycles. The summed E-state index contributed by atoms with van der Waals surface area (Å²) in [5.74, 6) is -0.712. The lowest BCUT2D eigenvalue weighted by Crippen LogP contribution is -2.33. The highest BCUT2D eigenvalue weighted by atomic mass is 32.2. The summed E-state index contributed by atoms with van der Waals surface area (Å²) in [7, 11) is -2.18. The number of rotatable bonds is 6. The fraction of sp³-hybridized carbons (Fsp3) is 0.333. The number of hydrogen-bond donors (Lipinski definition) is 1. The van der Waals surface area contributed by atoms with Crippen LogP contribution in [0.3, 0.4) is 0 Å². The molecule has 1 N–H and O–H groups in total. The molecule has 11 heteroatoms. The Labute approximate surface area is 186 Å². The van der Waals surface area contributed by atoms with E-state index in [9.17, 15) is 28.1 Å². The van der Waals surface area contributed by atoms with E-state index >= 15 is 0 Å². The van der Waals surface area contributed by atoms with Gasteiger partial charge in [0.15, 0.2) is 9.84 Å². The van der Waals surface area contributed by atoms with E-state index < -0.39 is 38.0 Å². The van der Waals surface area contributed by atoms with Crippen molar-refractivity contribution < 1.29 is 27.7 Å². The molecule has 2 amide bonds. The molecule has 0 heterocycles. The van der Waals surface area contributed by atoms with E-state index in [1.807, 2.05) is 0 Å². The molecule has 172 valence electrons. The number of hydrogen-bond acceptors (Lipinski definition) is 7. The molecule has 0 unspecified atom stereocenters. The van der Waals surface area contributed by atoms with Crippen LogP contribution in [0.4, 0.5) is 16.2 Å². The lowest BCUT2D eigenvalue weighted by atomic mass is 10.1. The Balaban J connectivity index is 2.22. The fourth-order valence-electron chi connectivity index (χ4n) is 2.66. The molecule has 2 aromatic rings. The average molecular weight is 464 g/mol. The highest BCUT2D eigenvalue weighted by molar-refractivity contribution is 7.90. The van der Waals surface area contributed by atoms with Crippen LogP contribution in [0.15, 0.2) is 47.4 Å². The number of nitrogens with one attached hydrogen (secondary N) is 1. The van der Waals surface area contributed by atoms with Crippen molar-refractivity contribution in [3.05, 3.63) is 63.7 Å². The van der Waals surface area contributed by atoms with Gasteiger partial charge < -0.3 is 15.0 Å².